The van der Waals surface area contributed by atoms with Gasteiger partial charge in [0.2, 0.25) is 0 Å². The summed E-state index contributed by atoms with van der Waals surface area (Å²) in [6.45, 7) is 2.95. The molecule has 18 heavy (non-hydrogen) atoms. The third-order valence-electron chi connectivity index (χ3n) is 3.36. The molecular weight excluding hydrogens is 228 g/mol. The van der Waals surface area contributed by atoms with Gasteiger partial charge in [0.15, 0.2) is 0 Å². The molecule has 1 aromatic carbocycles. The van der Waals surface area contributed by atoms with Crippen LogP contribution >= 0.6 is 0 Å². The molecular formula is C14H20N2O2. The summed E-state index contributed by atoms with van der Waals surface area (Å²) >= 11 is 0. The molecule has 0 aromatic heterocycles. The van der Waals surface area contributed by atoms with Gasteiger partial charge in [-0.3, -0.25) is 0 Å². The van der Waals surface area contributed by atoms with Crippen LogP contribution < -0.4 is 5.73 Å². The highest BCUT2D eigenvalue weighted by atomic mass is 16.6. The van der Waals surface area contributed by atoms with Gasteiger partial charge in [-0.25, -0.2) is 4.79 Å². The van der Waals surface area contributed by atoms with Crippen LogP contribution in [0, 0.1) is 0 Å². The molecule has 98 valence electrons. The Bertz CT molecular complexity index is 394. The molecule has 0 radical (unpaired) electrons. The Balaban J connectivity index is 1.87. The maximum atomic E-state index is 12.0. The third-order valence-corrected chi connectivity index (χ3v) is 3.36. The van der Waals surface area contributed by atoms with Crippen molar-refractivity contribution in [2.24, 2.45) is 5.73 Å². The molecule has 1 aliphatic rings. The summed E-state index contributed by atoms with van der Waals surface area (Å²) in [5.41, 5.74) is 6.88. The minimum atomic E-state index is -0.262. The lowest BCUT2D eigenvalue weighted by Crippen LogP contribution is -2.50. The Morgan fingerprint density at radius 1 is 1.39 bits per heavy atom. The molecule has 1 aliphatic heterocycles. The summed E-state index contributed by atoms with van der Waals surface area (Å²) < 4.78 is 5.32. The smallest absolute Gasteiger partial charge is 0.410 e. The molecule has 0 saturated carbocycles. The fraction of sp³-hybridized carbons (Fsp3) is 0.500. The number of piperidine rings is 1. The normalized spacial score (nSPS) is 23.8. The van der Waals surface area contributed by atoms with E-state index in [2.05, 4.69) is 0 Å². The number of carbonyl (C=O) groups is 1. The molecule has 2 rings (SSSR count). The van der Waals surface area contributed by atoms with Crippen LogP contribution in [0.3, 0.4) is 0 Å². The Hall–Kier alpha value is -1.55. The summed E-state index contributed by atoms with van der Waals surface area (Å²) in [5.74, 6) is 0. The van der Waals surface area contributed by atoms with Gasteiger partial charge < -0.3 is 15.4 Å². The standard InChI is InChI=1S/C14H20N2O2/c1-11-7-8-13(15)9-16(11)14(17)18-10-12-5-3-2-4-6-12/h2-6,11,13H,7-10,15H2,1H3. The zero-order valence-electron chi connectivity index (χ0n) is 10.7. The van der Waals surface area contributed by atoms with Crippen LogP contribution in [0.25, 0.3) is 0 Å². The molecule has 0 bridgehead atoms. The lowest BCUT2D eigenvalue weighted by atomic mass is 10.0. The Labute approximate surface area is 108 Å². The van der Waals surface area contributed by atoms with Crippen molar-refractivity contribution in [3.05, 3.63) is 35.9 Å². The molecule has 0 aliphatic carbocycles. The SMILES string of the molecule is CC1CCC(N)CN1C(=O)OCc1ccccc1. The maximum absolute atomic E-state index is 12.0. The number of amides is 1. The molecule has 2 unspecified atom stereocenters. The Morgan fingerprint density at radius 2 is 2.11 bits per heavy atom. The molecule has 2 atom stereocenters. The van der Waals surface area contributed by atoms with Gasteiger partial charge in [-0.2, -0.15) is 0 Å². The van der Waals surface area contributed by atoms with Gasteiger partial charge in [0.1, 0.15) is 6.61 Å². The first-order valence-corrected chi connectivity index (χ1v) is 6.39. The number of nitrogens with two attached hydrogens (primary N) is 1. The van der Waals surface area contributed by atoms with Crippen molar-refractivity contribution >= 4 is 6.09 Å². The lowest BCUT2D eigenvalue weighted by molar-refractivity contribution is 0.0680. The minimum absolute atomic E-state index is 0.0745. The maximum Gasteiger partial charge on any atom is 0.410 e. The monoisotopic (exact) mass is 248 g/mol. The summed E-state index contributed by atoms with van der Waals surface area (Å²) in [6.07, 6.45) is 1.66. The first kappa shape index (κ1) is 12.9. The van der Waals surface area contributed by atoms with E-state index in [0.717, 1.165) is 18.4 Å². The molecule has 1 fully saturated rings. The van der Waals surface area contributed by atoms with Crippen LogP contribution in [-0.2, 0) is 11.3 Å². The number of nitrogens with zero attached hydrogens (tertiary/aromatic N) is 1. The number of benzene rings is 1. The van der Waals surface area contributed by atoms with Crippen molar-refractivity contribution in [2.75, 3.05) is 6.54 Å². The molecule has 1 amide bonds. The van der Waals surface area contributed by atoms with E-state index in [4.69, 9.17) is 10.5 Å². The Kier molecular flexibility index (Phi) is 4.20. The summed E-state index contributed by atoms with van der Waals surface area (Å²) in [7, 11) is 0. The number of hydrogen-bond donors (Lipinski definition) is 1. The molecule has 4 heteroatoms. The highest BCUT2D eigenvalue weighted by Gasteiger charge is 2.28. The van der Waals surface area contributed by atoms with Crippen LogP contribution in [-0.4, -0.2) is 29.6 Å². The zero-order chi connectivity index (χ0) is 13.0. The van der Waals surface area contributed by atoms with Gasteiger partial charge in [0, 0.05) is 18.6 Å². The van der Waals surface area contributed by atoms with Crippen LogP contribution in [0.1, 0.15) is 25.3 Å². The fourth-order valence-electron chi connectivity index (χ4n) is 2.19. The van der Waals surface area contributed by atoms with E-state index in [0.29, 0.717) is 13.2 Å². The second-order valence-corrected chi connectivity index (χ2v) is 4.88. The van der Waals surface area contributed by atoms with Crippen molar-refractivity contribution in [1.82, 2.24) is 4.90 Å². The van der Waals surface area contributed by atoms with Crippen molar-refractivity contribution in [2.45, 2.75) is 38.5 Å². The van der Waals surface area contributed by atoms with Gasteiger partial charge in [0.05, 0.1) is 0 Å². The number of likely N-dealkylation sites (tertiary alicyclic amines) is 1. The van der Waals surface area contributed by atoms with Gasteiger partial charge in [-0.1, -0.05) is 30.3 Å². The number of hydrogen-bond acceptors (Lipinski definition) is 3. The van der Waals surface area contributed by atoms with Crippen LogP contribution in [0.15, 0.2) is 30.3 Å². The van der Waals surface area contributed by atoms with Gasteiger partial charge in [0.25, 0.3) is 0 Å². The molecule has 1 heterocycles. The average molecular weight is 248 g/mol. The molecule has 2 N–H and O–H groups in total. The lowest BCUT2D eigenvalue weighted by Gasteiger charge is -2.35. The first-order chi connectivity index (χ1) is 8.66. The molecule has 1 aromatic rings. The zero-order valence-corrected chi connectivity index (χ0v) is 10.7. The van der Waals surface area contributed by atoms with Crippen LogP contribution in [0.2, 0.25) is 0 Å². The average Bonchev–Trinajstić information content (AvgIpc) is 2.40. The largest absolute Gasteiger partial charge is 0.445 e. The van der Waals surface area contributed by atoms with E-state index < -0.39 is 0 Å². The number of ether oxygens (including phenoxy) is 1. The van der Waals surface area contributed by atoms with E-state index >= 15 is 0 Å². The topological polar surface area (TPSA) is 55.6 Å². The quantitative estimate of drug-likeness (QED) is 0.872. The summed E-state index contributed by atoms with van der Waals surface area (Å²) in [4.78, 5) is 13.7. The van der Waals surface area contributed by atoms with Gasteiger partial charge in [-0.05, 0) is 25.3 Å². The summed E-state index contributed by atoms with van der Waals surface area (Å²) in [5, 5.41) is 0. The second-order valence-electron chi connectivity index (χ2n) is 4.88. The first-order valence-electron chi connectivity index (χ1n) is 6.39. The number of rotatable bonds is 2. The highest BCUT2D eigenvalue weighted by Crippen LogP contribution is 2.17. The second kappa shape index (κ2) is 5.87. The van der Waals surface area contributed by atoms with Crippen molar-refractivity contribution in [3.63, 3.8) is 0 Å². The molecule has 4 nitrogen and oxygen atoms in total. The van der Waals surface area contributed by atoms with Crippen LogP contribution in [0.5, 0.6) is 0 Å². The van der Waals surface area contributed by atoms with E-state index in [-0.39, 0.29) is 18.2 Å². The number of carbonyl (C=O) groups excluding carboxylic acids is 1. The van der Waals surface area contributed by atoms with E-state index in [9.17, 15) is 4.79 Å². The predicted molar refractivity (Wildman–Crippen MR) is 70.0 cm³/mol. The highest BCUT2D eigenvalue weighted by molar-refractivity contribution is 5.68. The van der Waals surface area contributed by atoms with Gasteiger partial charge >= 0.3 is 6.09 Å². The predicted octanol–water partition coefficient (Wildman–Crippen LogP) is 2.13. The third kappa shape index (κ3) is 3.23. The van der Waals surface area contributed by atoms with E-state index in [1.54, 1.807) is 4.90 Å². The molecule has 1 saturated heterocycles. The van der Waals surface area contributed by atoms with E-state index in [1.807, 2.05) is 37.3 Å². The fourth-order valence-corrected chi connectivity index (χ4v) is 2.19. The summed E-state index contributed by atoms with van der Waals surface area (Å²) in [6, 6.07) is 9.98. The van der Waals surface area contributed by atoms with Crippen molar-refractivity contribution in [1.29, 1.82) is 0 Å². The van der Waals surface area contributed by atoms with E-state index in [1.165, 1.54) is 0 Å². The Morgan fingerprint density at radius 3 is 2.83 bits per heavy atom. The van der Waals surface area contributed by atoms with Gasteiger partial charge in [-0.15, -0.1) is 0 Å². The minimum Gasteiger partial charge on any atom is -0.445 e. The van der Waals surface area contributed by atoms with Crippen molar-refractivity contribution < 1.29 is 9.53 Å². The molecule has 0 spiro atoms. The van der Waals surface area contributed by atoms with Crippen molar-refractivity contribution in [3.8, 4) is 0 Å². The van der Waals surface area contributed by atoms with Crippen LogP contribution in [0.4, 0.5) is 4.79 Å².